The summed E-state index contributed by atoms with van der Waals surface area (Å²) in [4.78, 5) is 15.9. The van der Waals surface area contributed by atoms with Crippen LogP contribution in [0.4, 0.5) is 0 Å². The Morgan fingerprint density at radius 1 is 0.250 bits per heavy atom. The third-order valence-electron chi connectivity index (χ3n) is 13.8. The third-order valence-corrected chi connectivity index (χ3v) is 13.8. The molecule has 0 atom stereocenters. The Kier molecular flexibility index (Phi) is 8.52. The smallest absolute Gasteiger partial charge is 0.238 e. The molecule has 68 heavy (non-hydrogen) atoms. The molecular weight excluding hydrogens is 827 g/mol. The summed E-state index contributed by atoms with van der Waals surface area (Å²) >= 11 is 0. The van der Waals surface area contributed by atoms with Crippen LogP contribution in [0, 0.1) is 0 Å². The van der Waals surface area contributed by atoms with Gasteiger partial charge in [-0.1, -0.05) is 206 Å². The van der Waals surface area contributed by atoms with E-state index in [-0.39, 0.29) is 0 Å². The maximum absolute atomic E-state index is 5.39. The van der Waals surface area contributed by atoms with Gasteiger partial charge in [0.1, 0.15) is 0 Å². The van der Waals surface area contributed by atoms with Crippen molar-refractivity contribution in [2.45, 2.75) is 0 Å². The Labute approximate surface area is 391 Å². The molecule has 0 unspecified atom stereocenters. The van der Waals surface area contributed by atoms with E-state index >= 15 is 0 Å². The molecule has 5 heteroatoms. The Hall–Kier alpha value is -9.19. The molecule has 0 bridgehead atoms. The van der Waals surface area contributed by atoms with Crippen LogP contribution in [-0.2, 0) is 0 Å². The highest BCUT2D eigenvalue weighted by Crippen LogP contribution is 2.43. The van der Waals surface area contributed by atoms with E-state index in [1.807, 2.05) is 18.2 Å². The average Bonchev–Trinajstić information content (AvgIpc) is 3.94. The first-order valence-electron chi connectivity index (χ1n) is 23.1. The predicted octanol–water partition coefficient (Wildman–Crippen LogP) is 16.2. The second-order valence-electron chi connectivity index (χ2n) is 17.6. The summed E-state index contributed by atoms with van der Waals surface area (Å²) in [5, 5.41) is 12.1. The van der Waals surface area contributed by atoms with Crippen molar-refractivity contribution in [3.8, 4) is 56.7 Å². The van der Waals surface area contributed by atoms with Crippen molar-refractivity contribution < 1.29 is 0 Å². The molecule has 0 aliphatic heterocycles. The molecule has 0 spiro atoms. The van der Waals surface area contributed by atoms with Crippen molar-refractivity contribution in [3.05, 3.63) is 237 Å². The molecule has 0 aliphatic rings. The van der Waals surface area contributed by atoms with Crippen LogP contribution in [0.1, 0.15) is 0 Å². The summed E-state index contributed by atoms with van der Waals surface area (Å²) in [5.74, 6) is 1.79. The van der Waals surface area contributed by atoms with E-state index in [1.165, 1.54) is 43.4 Å². The highest BCUT2D eigenvalue weighted by molar-refractivity contribution is 6.27. The fourth-order valence-electron chi connectivity index (χ4n) is 10.6. The third kappa shape index (κ3) is 5.93. The monoisotopic (exact) mass is 865 g/mol. The molecule has 3 heterocycles. The van der Waals surface area contributed by atoms with Crippen LogP contribution in [0.25, 0.3) is 133 Å². The zero-order valence-corrected chi connectivity index (χ0v) is 36.8. The van der Waals surface area contributed by atoms with Crippen molar-refractivity contribution in [1.29, 1.82) is 0 Å². The number of fused-ring (bicyclic) bond motifs is 13. The highest BCUT2D eigenvalue weighted by atomic mass is 15.2. The van der Waals surface area contributed by atoms with E-state index in [0.29, 0.717) is 17.6 Å². The zero-order valence-electron chi connectivity index (χ0n) is 36.8. The lowest BCUT2D eigenvalue weighted by Gasteiger charge is -2.14. The lowest BCUT2D eigenvalue weighted by molar-refractivity contribution is 0.955. The molecule has 0 aliphatic carbocycles. The van der Waals surface area contributed by atoms with E-state index < -0.39 is 0 Å². The molecule has 0 fully saturated rings. The summed E-state index contributed by atoms with van der Waals surface area (Å²) in [7, 11) is 0. The van der Waals surface area contributed by atoms with Crippen molar-refractivity contribution in [1.82, 2.24) is 24.1 Å². The fourth-order valence-corrected chi connectivity index (χ4v) is 10.6. The number of benzene rings is 11. The van der Waals surface area contributed by atoms with E-state index in [2.05, 4.69) is 228 Å². The van der Waals surface area contributed by atoms with E-state index in [1.54, 1.807) is 0 Å². The minimum absolute atomic E-state index is 0.564. The Balaban J connectivity index is 0.984. The highest BCUT2D eigenvalue weighted by Gasteiger charge is 2.23. The van der Waals surface area contributed by atoms with E-state index in [9.17, 15) is 0 Å². The van der Waals surface area contributed by atoms with Crippen LogP contribution in [0.15, 0.2) is 237 Å². The van der Waals surface area contributed by atoms with Gasteiger partial charge in [-0.25, -0.2) is 4.98 Å². The zero-order chi connectivity index (χ0) is 44.7. The molecule has 14 rings (SSSR count). The molecule has 0 N–H and O–H groups in total. The second-order valence-corrected chi connectivity index (χ2v) is 17.6. The first kappa shape index (κ1) is 38.1. The van der Waals surface area contributed by atoms with Crippen LogP contribution in [0.5, 0.6) is 0 Å². The summed E-state index contributed by atoms with van der Waals surface area (Å²) < 4.78 is 4.70. The molecule has 0 saturated carbocycles. The standard InChI is InChI=1S/C63H39N5/c1-3-15-40(16-4-1)41-27-29-42(30-28-41)43-31-33-45(34-32-43)62-64-61(44-17-5-2-6-18-44)65-63(66-62)68-56-25-13-11-23-52(56)53-37-38-58-59(60(53)68)54-24-12-14-26-57(54)67(58)46-35-36-51-49-21-8-7-19-47(49)48-20-9-10-22-50(48)55(51)39-46/h1-39H. The minimum atomic E-state index is 0.564. The summed E-state index contributed by atoms with van der Waals surface area (Å²) in [6, 6.07) is 84.6. The molecule has 0 saturated heterocycles. The minimum Gasteiger partial charge on any atom is -0.309 e. The summed E-state index contributed by atoms with van der Waals surface area (Å²) in [5.41, 5.74) is 11.9. The van der Waals surface area contributed by atoms with Gasteiger partial charge in [-0.15, -0.1) is 0 Å². The van der Waals surface area contributed by atoms with E-state index in [0.717, 1.165) is 71.6 Å². The topological polar surface area (TPSA) is 48.5 Å². The first-order chi connectivity index (χ1) is 33.7. The van der Waals surface area contributed by atoms with Crippen LogP contribution in [0.3, 0.4) is 0 Å². The Bertz CT molecular complexity index is 4250. The van der Waals surface area contributed by atoms with Gasteiger partial charge in [-0.3, -0.25) is 4.57 Å². The van der Waals surface area contributed by atoms with Crippen molar-refractivity contribution >= 4 is 75.9 Å². The number of nitrogens with zero attached hydrogens (tertiary/aromatic N) is 5. The van der Waals surface area contributed by atoms with Crippen molar-refractivity contribution in [2.75, 3.05) is 0 Å². The van der Waals surface area contributed by atoms with Crippen molar-refractivity contribution in [3.63, 3.8) is 0 Å². The lowest BCUT2D eigenvalue weighted by Crippen LogP contribution is -2.06. The molecule has 3 aromatic heterocycles. The van der Waals surface area contributed by atoms with Crippen LogP contribution in [-0.4, -0.2) is 24.1 Å². The molecule has 11 aromatic carbocycles. The summed E-state index contributed by atoms with van der Waals surface area (Å²) in [6.45, 7) is 0. The van der Waals surface area contributed by atoms with Gasteiger partial charge >= 0.3 is 0 Å². The van der Waals surface area contributed by atoms with Gasteiger partial charge in [0, 0.05) is 38.4 Å². The van der Waals surface area contributed by atoms with Crippen LogP contribution >= 0.6 is 0 Å². The first-order valence-corrected chi connectivity index (χ1v) is 23.1. The predicted molar refractivity (Wildman–Crippen MR) is 283 cm³/mol. The van der Waals surface area contributed by atoms with Gasteiger partial charge < -0.3 is 4.57 Å². The molecular formula is C63H39N5. The maximum Gasteiger partial charge on any atom is 0.238 e. The molecule has 14 aromatic rings. The Morgan fingerprint density at radius 3 is 1.25 bits per heavy atom. The van der Waals surface area contributed by atoms with Crippen molar-refractivity contribution in [2.24, 2.45) is 0 Å². The van der Waals surface area contributed by atoms with Crippen LogP contribution in [0.2, 0.25) is 0 Å². The second kappa shape index (κ2) is 15.2. The van der Waals surface area contributed by atoms with Gasteiger partial charge in [-0.05, 0) is 84.9 Å². The van der Waals surface area contributed by atoms with Gasteiger partial charge in [0.2, 0.25) is 5.95 Å². The van der Waals surface area contributed by atoms with Gasteiger partial charge in [0.05, 0.1) is 22.1 Å². The molecule has 0 amide bonds. The van der Waals surface area contributed by atoms with Gasteiger partial charge in [0.15, 0.2) is 11.6 Å². The average molecular weight is 866 g/mol. The lowest BCUT2D eigenvalue weighted by atomic mass is 9.94. The molecule has 316 valence electrons. The molecule has 5 nitrogen and oxygen atoms in total. The number of hydrogen-bond donors (Lipinski definition) is 0. The number of rotatable bonds is 6. The van der Waals surface area contributed by atoms with Crippen LogP contribution < -0.4 is 0 Å². The van der Waals surface area contributed by atoms with E-state index in [4.69, 9.17) is 15.0 Å². The quantitative estimate of drug-likeness (QED) is 0.156. The number of hydrogen-bond acceptors (Lipinski definition) is 3. The fraction of sp³-hybridized carbons (Fsp3) is 0. The van der Waals surface area contributed by atoms with Gasteiger partial charge in [0.25, 0.3) is 0 Å². The normalized spacial score (nSPS) is 11.8. The molecule has 0 radical (unpaired) electrons. The van der Waals surface area contributed by atoms with Gasteiger partial charge in [-0.2, -0.15) is 9.97 Å². The maximum atomic E-state index is 5.39. The largest absolute Gasteiger partial charge is 0.309 e. The number of aromatic nitrogens is 5. The Morgan fingerprint density at radius 2 is 0.662 bits per heavy atom. The SMILES string of the molecule is c1ccc(-c2ccc(-c3ccc(-c4nc(-c5ccccc5)nc(-n5c6ccccc6c6ccc7c(c8ccccc8n7-c7ccc8c9ccccc9c9ccccc9c8c7)c65)n4)cc3)cc2)cc1. The number of para-hydroxylation sites is 2. The summed E-state index contributed by atoms with van der Waals surface area (Å²) in [6.07, 6.45) is 0.